The third-order valence-electron chi connectivity index (χ3n) is 4.97. The molecular formula is C17H16ClN3O2. The first kappa shape index (κ1) is 14.6. The maximum absolute atomic E-state index is 12.6. The maximum atomic E-state index is 12.6. The zero-order valence-corrected chi connectivity index (χ0v) is 13.5. The highest BCUT2D eigenvalue weighted by Crippen LogP contribution is 2.45. The highest BCUT2D eigenvalue weighted by molar-refractivity contribution is 6.30. The first-order chi connectivity index (χ1) is 11.1. The Morgan fingerprint density at radius 2 is 1.70 bits per heavy atom. The minimum atomic E-state index is -0.746. The van der Waals surface area contributed by atoms with Gasteiger partial charge >= 0.3 is 0 Å². The SMILES string of the molecule is Cn1nc(-c2ccc(Cl)cc2)nc1C1C(=O)C2CCCC2C1=O. The van der Waals surface area contributed by atoms with E-state index in [1.165, 1.54) is 0 Å². The maximum Gasteiger partial charge on any atom is 0.181 e. The molecule has 2 aliphatic rings. The van der Waals surface area contributed by atoms with Crippen molar-refractivity contribution in [3.8, 4) is 11.4 Å². The number of benzene rings is 1. The lowest BCUT2D eigenvalue weighted by Crippen LogP contribution is -2.20. The molecule has 0 spiro atoms. The molecule has 4 rings (SSSR count). The highest BCUT2D eigenvalue weighted by Gasteiger charge is 2.53. The van der Waals surface area contributed by atoms with Gasteiger partial charge in [-0.05, 0) is 37.1 Å². The highest BCUT2D eigenvalue weighted by atomic mass is 35.5. The van der Waals surface area contributed by atoms with Crippen LogP contribution in [0.3, 0.4) is 0 Å². The van der Waals surface area contributed by atoms with E-state index in [0.717, 1.165) is 24.8 Å². The Bertz CT molecular complexity index is 775. The smallest absolute Gasteiger partial charge is 0.181 e. The van der Waals surface area contributed by atoms with Crippen molar-refractivity contribution in [2.75, 3.05) is 0 Å². The van der Waals surface area contributed by atoms with E-state index in [4.69, 9.17) is 11.6 Å². The topological polar surface area (TPSA) is 64.8 Å². The first-order valence-corrected chi connectivity index (χ1v) is 8.18. The monoisotopic (exact) mass is 329 g/mol. The molecule has 5 nitrogen and oxygen atoms in total. The van der Waals surface area contributed by atoms with E-state index in [-0.39, 0.29) is 23.4 Å². The van der Waals surface area contributed by atoms with Crippen LogP contribution in [0.4, 0.5) is 0 Å². The van der Waals surface area contributed by atoms with E-state index in [2.05, 4.69) is 10.1 Å². The van der Waals surface area contributed by atoms with E-state index in [1.54, 1.807) is 23.9 Å². The number of hydrogen-bond donors (Lipinski definition) is 0. The Hall–Kier alpha value is -2.01. The number of nitrogens with zero attached hydrogens (tertiary/aromatic N) is 3. The quantitative estimate of drug-likeness (QED) is 0.795. The molecule has 0 bridgehead atoms. The predicted octanol–water partition coefficient (Wildman–Crippen LogP) is 2.79. The number of carbonyl (C=O) groups is 2. The van der Waals surface area contributed by atoms with E-state index in [0.29, 0.717) is 16.7 Å². The van der Waals surface area contributed by atoms with Crippen molar-refractivity contribution in [3.63, 3.8) is 0 Å². The molecule has 0 amide bonds. The molecule has 2 aliphatic carbocycles. The number of halogens is 1. The van der Waals surface area contributed by atoms with Gasteiger partial charge in [-0.2, -0.15) is 5.10 Å². The molecule has 1 heterocycles. The molecule has 2 fully saturated rings. The van der Waals surface area contributed by atoms with Crippen LogP contribution in [-0.4, -0.2) is 26.3 Å². The van der Waals surface area contributed by atoms with Gasteiger partial charge < -0.3 is 0 Å². The standard InChI is InChI=1S/C17H16ClN3O2/c1-21-17(13-14(22)11-3-2-4-12(11)15(13)23)19-16(20-21)9-5-7-10(18)8-6-9/h5-8,11-13H,2-4H2,1H3. The Labute approximate surface area is 138 Å². The van der Waals surface area contributed by atoms with Gasteiger partial charge in [0.15, 0.2) is 17.4 Å². The van der Waals surface area contributed by atoms with Gasteiger partial charge in [-0.15, -0.1) is 0 Å². The fraction of sp³-hybridized carbons (Fsp3) is 0.412. The molecular weight excluding hydrogens is 314 g/mol. The van der Waals surface area contributed by atoms with Crippen molar-refractivity contribution in [1.29, 1.82) is 0 Å². The molecule has 2 unspecified atom stereocenters. The second kappa shape index (κ2) is 5.27. The summed E-state index contributed by atoms with van der Waals surface area (Å²) in [5, 5.41) is 5.01. The molecule has 0 radical (unpaired) electrons. The van der Waals surface area contributed by atoms with Gasteiger partial charge in [-0.1, -0.05) is 18.0 Å². The lowest BCUT2D eigenvalue weighted by atomic mass is 10.00. The summed E-state index contributed by atoms with van der Waals surface area (Å²) in [7, 11) is 1.73. The van der Waals surface area contributed by atoms with Crippen LogP contribution in [0.15, 0.2) is 24.3 Å². The molecule has 0 saturated heterocycles. The Morgan fingerprint density at radius 1 is 1.09 bits per heavy atom. The second-order valence-electron chi connectivity index (χ2n) is 6.31. The van der Waals surface area contributed by atoms with Crippen molar-refractivity contribution in [2.24, 2.45) is 18.9 Å². The molecule has 2 aromatic rings. The molecule has 6 heteroatoms. The number of aryl methyl sites for hydroxylation is 1. The van der Waals surface area contributed by atoms with E-state index >= 15 is 0 Å². The number of aromatic nitrogens is 3. The summed E-state index contributed by atoms with van der Waals surface area (Å²) in [6.07, 6.45) is 2.62. The summed E-state index contributed by atoms with van der Waals surface area (Å²) in [4.78, 5) is 29.7. The molecule has 0 N–H and O–H groups in total. The lowest BCUT2D eigenvalue weighted by molar-refractivity contribution is -0.125. The first-order valence-electron chi connectivity index (χ1n) is 7.80. The summed E-state index contributed by atoms with van der Waals surface area (Å²) in [6.45, 7) is 0. The zero-order valence-electron chi connectivity index (χ0n) is 12.7. The molecule has 23 heavy (non-hydrogen) atoms. The van der Waals surface area contributed by atoms with Gasteiger partial charge in [0.05, 0.1) is 0 Å². The van der Waals surface area contributed by atoms with Crippen LogP contribution in [0.1, 0.15) is 31.0 Å². The molecule has 1 aromatic carbocycles. The Kier molecular flexibility index (Phi) is 3.34. The molecule has 1 aromatic heterocycles. The van der Waals surface area contributed by atoms with E-state index in [9.17, 15) is 9.59 Å². The Morgan fingerprint density at radius 3 is 2.30 bits per heavy atom. The van der Waals surface area contributed by atoms with E-state index in [1.807, 2.05) is 12.1 Å². The number of hydrogen-bond acceptors (Lipinski definition) is 4. The minimum Gasteiger partial charge on any atom is -0.298 e. The van der Waals surface area contributed by atoms with Crippen molar-refractivity contribution in [1.82, 2.24) is 14.8 Å². The predicted molar refractivity (Wildman–Crippen MR) is 85.0 cm³/mol. The summed E-state index contributed by atoms with van der Waals surface area (Å²) in [5.74, 6) is 0.0534. The number of fused-ring (bicyclic) bond motifs is 1. The van der Waals surface area contributed by atoms with Crippen LogP contribution in [0, 0.1) is 11.8 Å². The third-order valence-corrected chi connectivity index (χ3v) is 5.23. The van der Waals surface area contributed by atoms with Crippen molar-refractivity contribution >= 4 is 23.2 Å². The number of carbonyl (C=O) groups excluding carboxylic acids is 2. The van der Waals surface area contributed by atoms with Crippen LogP contribution in [0.25, 0.3) is 11.4 Å². The van der Waals surface area contributed by atoms with Gasteiger partial charge in [0.25, 0.3) is 0 Å². The van der Waals surface area contributed by atoms with Crippen molar-refractivity contribution in [2.45, 2.75) is 25.2 Å². The van der Waals surface area contributed by atoms with Crippen LogP contribution in [-0.2, 0) is 16.6 Å². The molecule has 2 atom stereocenters. The summed E-state index contributed by atoms with van der Waals surface area (Å²) in [5.41, 5.74) is 0.814. The average Bonchev–Trinajstić information content (AvgIpc) is 3.20. The average molecular weight is 330 g/mol. The van der Waals surface area contributed by atoms with Gasteiger partial charge in [-0.25, -0.2) is 4.98 Å². The minimum absolute atomic E-state index is 0.0238. The largest absolute Gasteiger partial charge is 0.298 e. The lowest BCUT2D eigenvalue weighted by Gasteiger charge is -2.07. The van der Waals surface area contributed by atoms with Crippen LogP contribution < -0.4 is 0 Å². The zero-order chi connectivity index (χ0) is 16.1. The fourth-order valence-corrected chi connectivity index (χ4v) is 3.96. The summed E-state index contributed by atoms with van der Waals surface area (Å²) in [6, 6.07) is 7.19. The molecule has 2 saturated carbocycles. The molecule has 0 aliphatic heterocycles. The van der Waals surface area contributed by atoms with Crippen molar-refractivity contribution in [3.05, 3.63) is 35.1 Å². The van der Waals surface area contributed by atoms with Gasteiger partial charge in [0, 0.05) is 29.5 Å². The fourth-order valence-electron chi connectivity index (χ4n) is 3.83. The number of ketones is 2. The van der Waals surface area contributed by atoms with Gasteiger partial charge in [-0.3, -0.25) is 14.3 Å². The van der Waals surface area contributed by atoms with Gasteiger partial charge in [0.2, 0.25) is 0 Å². The normalized spacial score (nSPS) is 26.8. The number of Topliss-reactive ketones (excluding diaryl/α,β-unsaturated/α-hetero) is 2. The third kappa shape index (κ3) is 2.22. The summed E-state index contributed by atoms with van der Waals surface area (Å²) < 4.78 is 1.56. The Balaban J connectivity index is 1.72. The second-order valence-corrected chi connectivity index (χ2v) is 6.74. The summed E-state index contributed by atoms with van der Waals surface area (Å²) >= 11 is 5.90. The van der Waals surface area contributed by atoms with Crippen LogP contribution in [0.2, 0.25) is 5.02 Å². The molecule has 118 valence electrons. The van der Waals surface area contributed by atoms with Crippen molar-refractivity contribution < 1.29 is 9.59 Å². The van der Waals surface area contributed by atoms with Crippen LogP contribution >= 0.6 is 11.6 Å². The van der Waals surface area contributed by atoms with E-state index < -0.39 is 5.92 Å². The number of rotatable bonds is 2. The van der Waals surface area contributed by atoms with Crippen LogP contribution in [0.5, 0.6) is 0 Å². The van der Waals surface area contributed by atoms with Gasteiger partial charge in [0.1, 0.15) is 11.7 Å².